The van der Waals surface area contributed by atoms with Crippen molar-refractivity contribution in [2.75, 3.05) is 26.3 Å². The Hall–Kier alpha value is -1.99. The molecular formula is C13H16N4O3. The third-order valence-corrected chi connectivity index (χ3v) is 3.64. The fourth-order valence-corrected chi connectivity index (χ4v) is 2.45. The molecule has 0 saturated carbocycles. The Bertz CT molecular complexity index is 646. The lowest BCUT2D eigenvalue weighted by atomic mass is 10.3. The smallest absolute Gasteiger partial charge is 0.271 e. The number of rotatable bonds is 3. The number of aromatic nitrogens is 2. The van der Waals surface area contributed by atoms with Crippen LogP contribution in [0.5, 0.6) is 0 Å². The summed E-state index contributed by atoms with van der Waals surface area (Å²) >= 11 is 0. The van der Waals surface area contributed by atoms with Crippen LogP contribution < -0.4 is 0 Å². The van der Waals surface area contributed by atoms with Gasteiger partial charge in [0, 0.05) is 32.3 Å². The SMILES string of the molecule is Cn1c(CN2CCOCC2)nc2cc([N+](=O)[O-])ccc21. The summed E-state index contributed by atoms with van der Waals surface area (Å²) in [7, 11) is 1.94. The second-order valence-corrected chi connectivity index (χ2v) is 4.91. The van der Waals surface area contributed by atoms with Gasteiger partial charge in [-0.15, -0.1) is 0 Å². The second kappa shape index (κ2) is 5.18. The zero-order chi connectivity index (χ0) is 14.1. The minimum Gasteiger partial charge on any atom is -0.379 e. The molecule has 1 fully saturated rings. The monoisotopic (exact) mass is 276 g/mol. The van der Waals surface area contributed by atoms with Crippen molar-refractivity contribution < 1.29 is 9.66 Å². The van der Waals surface area contributed by atoms with Gasteiger partial charge in [-0.1, -0.05) is 0 Å². The molecule has 0 atom stereocenters. The molecule has 0 N–H and O–H groups in total. The first-order valence-electron chi connectivity index (χ1n) is 6.55. The number of imidazole rings is 1. The number of nitro groups is 1. The molecule has 7 nitrogen and oxygen atoms in total. The molecular weight excluding hydrogens is 260 g/mol. The zero-order valence-electron chi connectivity index (χ0n) is 11.3. The number of nitro benzene ring substituents is 1. The number of non-ortho nitro benzene ring substituents is 1. The Morgan fingerprint density at radius 1 is 1.40 bits per heavy atom. The van der Waals surface area contributed by atoms with Crippen LogP contribution in [0.4, 0.5) is 5.69 Å². The van der Waals surface area contributed by atoms with E-state index in [4.69, 9.17) is 4.74 Å². The van der Waals surface area contributed by atoms with E-state index in [1.54, 1.807) is 6.07 Å². The molecule has 2 aromatic rings. The number of hydrogen-bond acceptors (Lipinski definition) is 5. The topological polar surface area (TPSA) is 73.4 Å². The van der Waals surface area contributed by atoms with Crippen molar-refractivity contribution in [2.24, 2.45) is 7.05 Å². The Kier molecular flexibility index (Phi) is 3.37. The Morgan fingerprint density at radius 2 is 2.15 bits per heavy atom. The number of morpholine rings is 1. The Morgan fingerprint density at radius 3 is 2.85 bits per heavy atom. The van der Waals surface area contributed by atoms with Crippen LogP contribution in [0.3, 0.4) is 0 Å². The highest BCUT2D eigenvalue weighted by atomic mass is 16.6. The van der Waals surface area contributed by atoms with Gasteiger partial charge in [-0.3, -0.25) is 15.0 Å². The quantitative estimate of drug-likeness (QED) is 0.624. The van der Waals surface area contributed by atoms with Crippen molar-refractivity contribution in [2.45, 2.75) is 6.54 Å². The van der Waals surface area contributed by atoms with E-state index >= 15 is 0 Å². The standard InChI is InChI=1S/C13H16N4O3/c1-15-12-3-2-10(17(18)19)8-11(12)14-13(15)9-16-4-6-20-7-5-16/h2-3,8H,4-7,9H2,1H3. The molecule has 20 heavy (non-hydrogen) atoms. The maximum absolute atomic E-state index is 10.8. The van der Waals surface area contributed by atoms with E-state index in [0.29, 0.717) is 5.52 Å². The first-order valence-corrected chi connectivity index (χ1v) is 6.55. The molecule has 106 valence electrons. The summed E-state index contributed by atoms with van der Waals surface area (Å²) in [5.74, 6) is 0.919. The van der Waals surface area contributed by atoms with E-state index in [1.165, 1.54) is 12.1 Å². The molecule has 1 aromatic heterocycles. The van der Waals surface area contributed by atoms with Gasteiger partial charge >= 0.3 is 0 Å². The highest BCUT2D eigenvalue weighted by molar-refractivity contribution is 5.78. The summed E-state index contributed by atoms with van der Waals surface area (Å²) < 4.78 is 7.32. The van der Waals surface area contributed by atoms with Gasteiger partial charge in [-0.05, 0) is 6.07 Å². The van der Waals surface area contributed by atoms with Gasteiger partial charge in [0.1, 0.15) is 5.82 Å². The average Bonchev–Trinajstić information content (AvgIpc) is 2.76. The minimum absolute atomic E-state index is 0.0773. The minimum atomic E-state index is -0.393. The van der Waals surface area contributed by atoms with Gasteiger partial charge < -0.3 is 9.30 Å². The molecule has 1 aliphatic heterocycles. The van der Waals surface area contributed by atoms with Crippen LogP contribution in [-0.2, 0) is 18.3 Å². The predicted molar refractivity (Wildman–Crippen MR) is 73.5 cm³/mol. The molecule has 0 unspecified atom stereocenters. The van der Waals surface area contributed by atoms with Crippen LogP contribution in [0.1, 0.15) is 5.82 Å². The van der Waals surface area contributed by atoms with Gasteiger partial charge in [0.05, 0.1) is 35.7 Å². The van der Waals surface area contributed by atoms with Gasteiger partial charge in [0.15, 0.2) is 0 Å². The van der Waals surface area contributed by atoms with Gasteiger partial charge in [-0.25, -0.2) is 4.98 Å². The van der Waals surface area contributed by atoms with Crippen LogP contribution >= 0.6 is 0 Å². The lowest BCUT2D eigenvalue weighted by molar-refractivity contribution is -0.384. The van der Waals surface area contributed by atoms with Crippen molar-refractivity contribution in [3.8, 4) is 0 Å². The third kappa shape index (κ3) is 2.37. The molecule has 0 bridgehead atoms. The molecule has 0 aliphatic carbocycles. The van der Waals surface area contributed by atoms with Crippen molar-refractivity contribution in [3.05, 3.63) is 34.1 Å². The highest BCUT2D eigenvalue weighted by Gasteiger charge is 2.16. The molecule has 1 aliphatic rings. The van der Waals surface area contributed by atoms with Crippen molar-refractivity contribution in [1.82, 2.24) is 14.5 Å². The Balaban J connectivity index is 1.91. The average molecular weight is 276 g/mol. The van der Waals surface area contributed by atoms with E-state index in [2.05, 4.69) is 9.88 Å². The molecule has 0 radical (unpaired) electrons. The van der Waals surface area contributed by atoms with E-state index in [0.717, 1.165) is 44.2 Å². The molecule has 2 heterocycles. The lowest BCUT2D eigenvalue weighted by Crippen LogP contribution is -2.36. The summed E-state index contributed by atoms with van der Waals surface area (Å²) in [6, 6.07) is 4.80. The predicted octanol–water partition coefficient (Wildman–Crippen LogP) is 1.31. The molecule has 7 heteroatoms. The molecule has 3 rings (SSSR count). The van der Waals surface area contributed by atoms with Crippen LogP contribution in [0.15, 0.2) is 18.2 Å². The molecule has 1 aromatic carbocycles. The van der Waals surface area contributed by atoms with E-state index in [1.807, 2.05) is 11.6 Å². The van der Waals surface area contributed by atoms with Gasteiger partial charge in [-0.2, -0.15) is 0 Å². The number of nitrogens with zero attached hydrogens (tertiary/aromatic N) is 4. The molecule has 1 saturated heterocycles. The van der Waals surface area contributed by atoms with Crippen LogP contribution in [0.2, 0.25) is 0 Å². The number of ether oxygens (including phenoxy) is 1. The lowest BCUT2D eigenvalue weighted by Gasteiger charge is -2.26. The zero-order valence-corrected chi connectivity index (χ0v) is 11.3. The van der Waals surface area contributed by atoms with Crippen molar-refractivity contribution in [3.63, 3.8) is 0 Å². The number of hydrogen-bond donors (Lipinski definition) is 0. The largest absolute Gasteiger partial charge is 0.379 e. The highest BCUT2D eigenvalue weighted by Crippen LogP contribution is 2.21. The number of aryl methyl sites for hydroxylation is 1. The maximum atomic E-state index is 10.8. The number of benzene rings is 1. The third-order valence-electron chi connectivity index (χ3n) is 3.64. The second-order valence-electron chi connectivity index (χ2n) is 4.91. The maximum Gasteiger partial charge on any atom is 0.271 e. The van der Waals surface area contributed by atoms with Crippen LogP contribution in [0.25, 0.3) is 11.0 Å². The summed E-state index contributed by atoms with van der Waals surface area (Å²) in [5.41, 5.74) is 1.66. The van der Waals surface area contributed by atoms with Gasteiger partial charge in [0.25, 0.3) is 5.69 Å². The van der Waals surface area contributed by atoms with Crippen LogP contribution in [0, 0.1) is 10.1 Å². The Labute approximate surface area is 115 Å². The van der Waals surface area contributed by atoms with E-state index in [-0.39, 0.29) is 5.69 Å². The summed E-state index contributed by atoms with van der Waals surface area (Å²) in [6.45, 7) is 4.01. The van der Waals surface area contributed by atoms with E-state index in [9.17, 15) is 10.1 Å². The van der Waals surface area contributed by atoms with E-state index < -0.39 is 4.92 Å². The van der Waals surface area contributed by atoms with Crippen molar-refractivity contribution >= 4 is 16.7 Å². The summed E-state index contributed by atoms with van der Waals surface area (Å²) in [5, 5.41) is 10.8. The normalized spacial score (nSPS) is 16.6. The van der Waals surface area contributed by atoms with Crippen molar-refractivity contribution in [1.29, 1.82) is 0 Å². The fourth-order valence-electron chi connectivity index (χ4n) is 2.45. The molecule has 0 spiro atoms. The summed E-state index contributed by atoms with van der Waals surface area (Å²) in [6.07, 6.45) is 0. The first kappa shape index (κ1) is 13.0. The fraction of sp³-hybridized carbons (Fsp3) is 0.462. The number of fused-ring (bicyclic) bond motifs is 1. The first-order chi connectivity index (χ1) is 9.65. The van der Waals surface area contributed by atoms with Crippen LogP contribution in [-0.4, -0.2) is 45.7 Å². The molecule has 0 amide bonds. The summed E-state index contributed by atoms with van der Waals surface area (Å²) in [4.78, 5) is 17.2. The van der Waals surface area contributed by atoms with Gasteiger partial charge in [0.2, 0.25) is 0 Å².